The van der Waals surface area contributed by atoms with Gasteiger partial charge >= 0.3 is 0 Å². The first-order chi connectivity index (χ1) is 8.53. The highest BCUT2D eigenvalue weighted by Crippen LogP contribution is 2.27. The molecular formula is C15H23NOS. The van der Waals surface area contributed by atoms with E-state index in [1.54, 1.807) is 11.3 Å². The lowest BCUT2D eigenvalue weighted by atomic mass is 9.91. The van der Waals surface area contributed by atoms with Crippen LogP contribution in [0.3, 0.4) is 0 Å². The van der Waals surface area contributed by atoms with E-state index in [2.05, 4.69) is 18.7 Å². The number of hydrogen-bond acceptors (Lipinski definition) is 3. The van der Waals surface area contributed by atoms with Crippen molar-refractivity contribution < 1.29 is 4.79 Å². The van der Waals surface area contributed by atoms with Gasteiger partial charge in [0.25, 0.3) is 0 Å². The van der Waals surface area contributed by atoms with E-state index in [0.29, 0.717) is 0 Å². The van der Waals surface area contributed by atoms with Crippen molar-refractivity contribution in [2.75, 3.05) is 13.1 Å². The molecule has 0 spiro atoms. The second-order valence-corrected chi connectivity index (χ2v) is 6.80. The van der Waals surface area contributed by atoms with Crippen LogP contribution in [-0.2, 0) is 0 Å². The molecule has 3 heteroatoms. The molecule has 2 rings (SSSR count). The fourth-order valence-corrected chi connectivity index (χ4v) is 3.42. The van der Waals surface area contributed by atoms with Crippen molar-refractivity contribution in [3.05, 3.63) is 21.9 Å². The maximum Gasteiger partial charge on any atom is 0.183 e. The number of hydrogen-bond donors (Lipinski definition) is 0. The monoisotopic (exact) mass is 265 g/mol. The Labute approximate surface area is 114 Å². The summed E-state index contributed by atoms with van der Waals surface area (Å²) in [6.07, 6.45) is 5.05. The largest absolute Gasteiger partial charge is 0.292 e. The minimum absolute atomic E-state index is 0.281. The lowest BCUT2D eigenvalue weighted by Gasteiger charge is -2.36. The molecule has 0 aliphatic carbocycles. The van der Waals surface area contributed by atoms with Crippen LogP contribution in [0.1, 0.15) is 54.8 Å². The molecule has 0 bridgehead atoms. The number of rotatable bonds is 3. The first-order valence-corrected chi connectivity index (χ1v) is 7.75. The number of aryl methyl sites for hydroxylation is 1. The summed E-state index contributed by atoms with van der Waals surface area (Å²) < 4.78 is 0. The number of carbonyl (C=O) groups is 1. The fraction of sp³-hybridized carbons (Fsp3) is 0.667. The van der Waals surface area contributed by atoms with Crippen LogP contribution in [0.2, 0.25) is 0 Å². The maximum atomic E-state index is 12.7. The van der Waals surface area contributed by atoms with Crippen molar-refractivity contribution in [1.29, 1.82) is 0 Å². The topological polar surface area (TPSA) is 20.3 Å². The molecule has 1 aromatic heterocycles. The Kier molecular flexibility index (Phi) is 4.23. The third kappa shape index (κ3) is 2.67. The van der Waals surface area contributed by atoms with Gasteiger partial charge in [-0.3, -0.25) is 9.69 Å². The van der Waals surface area contributed by atoms with Gasteiger partial charge in [0, 0.05) is 10.4 Å². The Morgan fingerprint density at radius 3 is 2.33 bits per heavy atom. The maximum absolute atomic E-state index is 12.7. The van der Waals surface area contributed by atoms with Crippen molar-refractivity contribution in [1.82, 2.24) is 4.90 Å². The van der Waals surface area contributed by atoms with Crippen molar-refractivity contribution in [2.45, 2.75) is 52.0 Å². The smallest absolute Gasteiger partial charge is 0.183 e. The molecule has 0 atom stereocenters. The summed E-state index contributed by atoms with van der Waals surface area (Å²) in [6.45, 7) is 8.32. The second-order valence-electron chi connectivity index (χ2n) is 5.68. The van der Waals surface area contributed by atoms with E-state index < -0.39 is 0 Å². The summed E-state index contributed by atoms with van der Waals surface area (Å²) in [4.78, 5) is 16.2. The molecule has 1 aliphatic rings. The number of Topliss-reactive ketones (excluding diaryl/α,β-unsaturated/α-hetero) is 1. The average molecular weight is 265 g/mol. The lowest BCUT2D eigenvalue weighted by Crippen LogP contribution is -2.50. The molecule has 0 unspecified atom stereocenters. The molecule has 0 amide bonds. The zero-order valence-corrected chi connectivity index (χ0v) is 12.5. The van der Waals surface area contributed by atoms with Gasteiger partial charge in [-0.05, 0) is 58.1 Å². The first-order valence-electron chi connectivity index (χ1n) is 6.87. The van der Waals surface area contributed by atoms with Gasteiger partial charge in [0.1, 0.15) is 0 Å². The van der Waals surface area contributed by atoms with Crippen LogP contribution >= 0.6 is 11.3 Å². The molecule has 1 fully saturated rings. The van der Waals surface area contributed by atoms with E-state index in [0.717, 1.165) is 23.5 Å². The van der Waals surface area contributed by atoms with E-state index in [1.807, 2.05) is 18.4 Å². The van der Waals surface area contributed by atoms with Crippen molar-refractivity contribution in [3.63, 3.8) is 0 Å². The predicted molar refractivity (Wildman–Crippen MR) is 77.5 cm³/mol. The highest BCUT2D eigenvalue weighted by molar-refractivity contribution is 7.10. The minimum Gasteiger partial charge on any atom is -0.292 e. The normalized spacial score (nSPS) is 18.6. The van der Waals surface area contributed by atoms with Gasteiger partial charge in [0.2, 0.25) is 0 Å². The van der Waals surface area contributed by atoms with Crippen LogP contribution in [0.5, 0.6) is 0 Å². The van der Waals surface area contributed by atoms with Gasteiger partial charge in [0.05, 0.1) is 5.54 Å². The molecule has 1 aromatic rings. The van der Waals surface area contributed by atoms with Gasteiger partial charge < -0.3 is 0 Å². The number of nitrogens with zero attached hydrogens (tertiary/aromatic N) is 1. The quantitative estimate of drug-likeness (QED) is 0.773. The van der Waals surface area contributed by atoms with Crippen LogP contribution < -0.4 is 0 Å². The average Bonchev–Trinajstić information content (AvgIpc) is 2.61. The van der Waals surface area contributed by atoms with E-state index in [1.165, 1.54) is 25.7 Å². The number of likely N-dealkylation sites (tertiary alicyclic amines) is 1. The minimum atomic E-state index is -0.365. The third-order valence-corrected chi connectivity index (χ3v) is 4.90. The van der Waals surface area contributed by atoms with Crippen LogP contribution in [0.25, 0.3) is 0 Å². The zero-order chi connectivity index (χ0) is 13.2. The molecule has 18 heavy (non-hydrogen) atoms. The Balaban J connectivity index is 2.19. The Morgan fingerprint density at radius 1 is 1.22 bits per heavy atom. The summed E-state index contributed by atoms with van der Waals surface area (Å²) in [5.41, 5.74) is 0.546. The van der Waals surface area contributed by atoms with Gasteiger partial charge in [-0.15, -0.1) is 11.3 Å². The van der Waals surface area contributed by atoms with Crippen LogP contribution in [0, 0.1) is 6.92 Å². The van der Waals surface area contributed by atoms with Gasteiger partial charge in [-0.1, -0.05) is 12.8 Å². The van der Waals surface area contributed by atoms with Gasteiger partial charge in [0.15, 0.2) is 5.78 Å². The highest BCUT2D eigenvalue weighted by Gasteiger charge is 2.35. The summed E-state index contributed by atoms with van der Waals surface area (Å²) >= 11 is 1.66. The number of ketones is 1. The summed E-state index contributed by atoms with van der Waals surface area (Å²) in [6, 6.07) is 1.97. The van der Waals surface area contributed by atoms with Crippen LogP contribution in [0.15, 0.2) is 11.4 Å². The first kappa shape index (κ1) is 13.8. The predicted octanol–water partition coefficient (Wildman–Crippen LogP) is 3.89. The number of carbonyl (C=O) groups excluding carboxylic acids is 1. The molecule has 100 valence electrons. The Bertz CT molecular complexity index is 414. The molecule has 0 saturated carbocycles. The fourth-order valence-electron chi connectivity index (χ4n) is 2.72. The molecule has 0 aromatic carbocycles. The molecule has 2 nitrogen and oxygen atoms in total. The molecule has 1 saturated heterocycles. The SMILES string of the molecule is Cc1sccc1C(=O)C(C)(C)N1CCCCCC1. The third-order valence-electron chi connectivity index (χ3n) is 4.06. The van der Waals surface area contributed by atoms with Crippen LogP contribution in [-0.4, -0.2) is 29.3 Å². The van der Waals surface area contributed by atoms with Gasteiger partial charge in [-0.2, -0.15) is 0 Å². The molecule has 0 radical (unpaired) electrons. The molecule has 0 N–H and O–H groups in total. The van der Waals surface area contributed by atoms with Crippen molar-refractivity contribution in [2.24, 2.45) is 0 Å². The highest BCUT2D eigenvalue weighted by atomic mass is 32.1. The van der Waals surface area contributed by atoms with Crippen molar-refractivity contribution >= 4 is 17.1 Å². The second kappa shape index (κ2) is 5.54. The summed E-state index contributed by atoms with van der Waals surface area (Å²) in [7, 11) is 0. The van der Waals surface area contributed by atoms with E-state index in [4.69, 9.17) is 0 Å². The lowest BCUT2D eigenvalue weighted by molar-refractivity contribution is 0.0649. The van der Waals surface area contributed by atoms with Gasteiger partial charge in [-0.25, -0.2) is 0 Å². The van der Waals surface area contributed by atoms with E-state index in [-0.39, 0.29) is 11.3 Å². The van der Waals surface area contributed by atoms with E-state index in [9.17, 15) is 4.79 Å². The van der Waals surface area contributed by atoms with Crippen molar-refractivity contribution in [3.8, 4) is 0 Å². The molecular weight excluding hydrogens is 242 g/mol. The van der Waals surface area contributed by atoms with E-state index >= 15 is 0 Å². The zero-order valence-electron chi connectivity index (χ0n) is 11.7. The Hall–Kier alpha value is -0.670. The number of thiophene rings is 1. The molecule has 1 aliphatic heterocycles. The standard InChI is InChI=1S/C15H23NOS/c1-12-13(8-11-18-12)14(17)15(2,3)16-9-6-4-5-7-10-16/h8,11H,4-7,9-10H2,1-3H3. The Morgan fingerprint density at radius 2 is 1.83 bits per heavy atom. The molecule has 2 heterocycles. The summed E-state index contributed by atoms with van der Waals surface area (Å²) in [5.74, 6) is 0.281. The summed E-state index contributed by atoms with van der Waals surface area (Å²) in [5, 5.41) is 2.01. The van der Waals surface area contributed by atoms with Crippen LogP contribution in [0.4, 0.5) is 0 Å².